The van der Waals surface area contributed by atoms with Gasteiger partial charge in [0.2, 0.25) is 0 Å². The molecule has 0 bridgehead atoms. The fraction of sp³-hybridized carbons (Fsp3) is 1.00. The summed E-state index contributed by atoms with van der Waals surface area (Å²) in [6, 6.07) is 0.239. The predicted molar refractivity (Wildman–Crippen MR) is 73.0 cm³/mol. The van der Waals surface area contributed by atoms with Crippen LogP contribution < -0.4 is 4.72 Å². The normalized spacial score (nSPS) is 13.6. The van der Waals surface area contributed by atoms with Crippen LogP contribution in [0.5, 0.6) is 0 Å². The predicted octanol–water partition coefficient (Wildman–Crippen LogP) is 1.86. The molecule has 0 amide bonds. The summed E-state index contributed by atoms with van der Waals surface area (Å²) in [4.78, 5) is 0. The van der Waals surface area contributed by atoms with Gasteiger partial charge in [-0.3, -0.25) is 0 Å². The molecule has 6 nitrogen and oxygen atoms in total. The lowest BCUT2D eigenvalue weighted by Crippen LogP contribution is -2.46. The maximum atomic E-state index is 12.1. The Labute approximate surface area is 124 Å². The molecule has 0 aromatic carbocycles. The van der Waals surface area contributed by atoms with Crippen molar-refractivity contribution in [1.82, 2.24) is 4.72 Å². The zero-order valence-corrected chi connectivity index (χ0v) is 14.1. The van der Waals surface area contributed by atoms with Gasteiger partial charge in [-0.1, -0.05) is 0 Å². The van der Waals surface area contributed by atoms with Gasteiger partial charge in [0.25, 0.3) is 0 Å². The largest absolute Gasteiger partial charge is 0.511 e. The van der Waals surface area contributed by atoms with Crippen molar-refractivity contribution in [3.8, 4) is 0 Å². The molecule has 0 spiro atoms. The standard InChI is InChI=1S/C10H22F3NO5SSi/c1-4-17-21(18-5-2,19-6-3)9-7-8-14-20(15,16)10(11,12)13/h14H,4-9H2,1-3H3. The highest BCUT2D eigenvalue weighted by molar-refractivity contribution is 7.90. The van der Waals surface area contributed by atoms with E-state index in [0.29, 0.717) is 19.8 Å². The van der Waals surface area contributed by atoms with Gasteiger partial charge in [-0.05, 0) is 27.2 Å². The molecule has 128 valence electrons. The Morgan fingerprint density at radius 2 is 1.43 bits per heavy atom. The molecule has 0 aliphatic heterocycles. The molecule has 0 saturated heterocycles. The highest BCUT2D eigenvalue weighted by Gasteiger charge is 2.46. The Morgan fingerprint density at radius 1 is 1.00 bits per heavy atom. The van der Waals surface area contributed by atoms with E-state index in [0.717, 1.165) is 0 Å². The molecule has 0 rings (SSSR count). The molecule has 21 heavy (non-hydrogen) atoms. The van der Waals surface area contributed by atoms with Crippen LogP contribution in [0, 0.1) is 0 Å². The van der Waals surface area contributed by atoms with Gasteiger partial charge in [0, 0.05) is 32.4 Å². The minimum atomic E-state index is -5.31. The van der Waals surface area contributed by atoms with Crippen molar-refractivity contribution in [2.45, 2.75) is 38.7 Å². The lowest BCUT2D eigenvalue weighted by molar-refractivity contribution is -0.0447. The molecule has 0 saturated carbocycles. The van der Waals surface area contributed by atoms with E-state index in [4.69, 9.17) is 13.3 Å². The van der Waals surface area contributed by atoms with Gasteiger partial charge < -0.3 is 13.3 Å². The SMILES string of the molecule is CCO[Si](CCCNS(=O)(=O)C(F)(F)F)(OCC)OCC. The molecule has 0 aliphatic rings. The molecular weight excluding hydrogens is 331 g/mol. The van der Waals surface area contributed by atoms with Gasteiger partial charge in [0.1, 0.15) is 0 Å². The van der Waals surface area contributed by atoms with E-state index in [9.17, 15) is 21.6 Å². The van der Waals surface area contributed by atoms with Crippen LogP contribution in [0.25, 0.3) is 0 Å². The van der Waals surface area contributed by atoms with Crippen LogP contribution in [-0.4, -0.2) is 49.1 Å². The Bertz CT molecular complexity index is 374. The molecule has 0 fully saturated rings. The van der Waals surface area contributed by atoms with E-state index in [-0.39, 0.29) is 19.0 Å². The molecule has 0 atom stereocenters. The minimum Gasteiger partial charge on any atom is -0.374 e. The van der Waals surface area contributed by atoms with Gasteiger partial charge in [0.15, 0.2) is 0 Å². The fourth-order valence-electron chi connectivity index (χ4n) is 1.59. The van der Waals surface area contributed by atoms with E-state index >= 15 is 0 Å². The Kier molecular flexibility index (Phi) is 8.97. The third-order valence-electron chi connectivity index (χ3n) is 2.35. The molecule has 0 heterocycles. The van der Waals surface area contributed by atoms with E-state index in [1.807, 2.05) is 0 Å². The summed E-state index contributed by atoms with van der Waals surface area (Å²) in [5.74, 6) is 0. The monoisotopic (exact) mass is 353 g/mol. The van der Waals surface area contributed by atoms with Crippen molar-refractivity contribution in [3.63, 3.8) is 0 Å². The Morgan fingerprint density at radius 3 is 1.76 bits per heavy atom. The van der Waals surface area contributed by atoms with Gasteiger partial charge in [-0.2, -0.15) is 13.2 Å². The molecule has 11 heteroatoms. The Balaban J connectivity index is 4.50. The lowest BCUT2D eigenvalue weighted by atomic mass is 10.5. The van der Waals surface area contributed by atoms with Crippen LogP contribution >= 0.6 is 0 Å². The zero-order chi connectivity index (χ0) is 16.6. The topological polar surface area (TPSA) is 73.9 Å². The van der Waals surface area contributed by atoms with Crippen LogP contribution in [0.4, 0.5) is 13.2 Å². The van der Waals surface area contributed by atoms with E-state index in [2.05, 4.69) is 0 Å². The van der Waals surface area contributed by atoms with E-state index in [1.54, 1.807) is 20.8 Å². The highest BCUT2D eigenvalue weighted by Crippen LogP contribution is 2.22. The van der Waals surface area contributed by atoms with Crippen LogP contribution in [0.1, 0.15) is 27.2 Å². The van der Waals surface area contributed by atoms with Gasteiger partial charge in [-0.15, -0.1) is 0 Å². The first kappa shape index (κ1) is 20.8. The average molecular weight is 353 g/mol. The Hall–Kier alpha value is -0.203. The third-order valence-corrected chi connectivity index (χ3v) is 6.69. The van der Waals surface area contributed by atoms with Crippen molar-refractivity contribution in [3.05, 3.63) is 0 Å². The molecule has 0 unspecified atom stereocenters. The number of nitrogens with one attached hydrogen (secondary N) is 1. The lowest BCUT2D eigenvalue weighted by Gasteiger charge is -2.28. The van der Waals surface area contributed by atoms with Crippen molar-refractivity contribution >= 4 is 18.8 Å². The molecular formula is C10H22F3NO5SSi. The summed E-state index contributed by atoms with van der Waals surface area (Å²) < 4.78 is 76.1. The number of hydrogen-bond acceptors (Lipinski definition) is 5. The number of alkyl halides is 3. The second-order valence-electron chi connectivity index (χ2n) is 3.93. The summed E-state index contributed by atoms with van der Waals surface area (Å²) in [7, 11) is -8.26. The first-order valence-corrected chi connectivity index (χ1v) is 10.0. The third kappa shape index (κ3) is 7.06. The number of halogens is 3. The summed E-state index contributed by atoms with van der Waals surface area (Å²) in [6.07, 6.45) is 0.127. The maximum absolute atomic E-state index is 12.1. The fourth-order valence-corrected chi connectivity index (χ4v) is 4.78. The van der Waals surface area contributed by atoms with Gasteiger partial charge >= 0.3 is 24.3 Å². The van der Waals surface area contributed by atoms with Gasteiger partial charge in [-0.25, -0.2) is 13.1 Å². The summed E-state index contributed by atoms with van der Waals surface area (Å²) in [6.45, 7) is 5.95. The molecule has 0 aliphatic carbocycles. The average Bonchev–Trinajstić information content (AvgIpc) is 2.34. The maximum Gasteiger partial charge on any atom is 0.511 e. The smallest absolute Gasteiger partial charge is 0.374 e. The number of rotatable bonds is 11. The van der Waals surface area contributed by atoms with Crippen molar-refractivity contribution < 1.29 is 34.9 Å². The first-order valence-electron chi connectivity index (χ1n) is 6.62. The van der Waals surface area contributed by atoms with Crippen LogP contribution in [0.2, 0.25) is 6.04 Å². The van der Waals surface area contributed by atoms with E-state index in [1.165, 1.54) is 4.72 Å². The van der Waals surface area contributed by atoms with E-state index < -0.39 is 24.3 Å². The van der Waals surface area contributed by atoms with Gasteiger partial charge in [0.05, 0.1) is 0 Å². The van der Waals surface area contributed by atoms with Crippen molar-refractivity contribution in [2.75, 3.05) is 26.4 Å². The van der Waals surface area contributed by atoms with Crippen LogP contribution in [0.3, 0.4) is 0 Å². The molecule has 0 radical (unpaired) electrons. The van der Waals surface area contributed by atoms with Crippen LogP contribution in [-0.2, 0) is 23.3 Å². The van der Waals surface area contributed by atoms with Crippen molar-refractivity contribution in [1.29, 1.82) is 0 Å². The zero-order valence-electron chi connectivity index (χ0n) is 12.3. The quantitative estimate of drug-likeness (QED) is 0.453. The summed E-state index contributed by atoms with van der Waals surface area (Å²) in [5.41, 5.74) is -5.30. The summed E-state index contributed by atoms with van der Waals surface area (Å²) in [5, 5.41) is 0. The molecule has 0 aromatic heterocycles. The highest BCUT2D eigenvalue weighted by atomic mass is 32.2. The number of sulfonamides is 1. The number of hydrogen-bond donors (Lipinski definition) is 1. The second-order valence-corrected chi connectivity index (χ2v) is 8.42. The minimum absolute atomic E-state index is 0.127. The van der Waals surface area contributed by atoms with Crippen molar-refractivity contribution in [2.24, 2.45) is 0 Å². The second kappa shape index (κ2) is 9.05. The first-order chi connectivity index (χ1) is 9.64. The molecule has 0 aromatic rings. The molecule has 1 N–H and O–H groups in total. The summed E-state index contributed by atoms with van der Waals surface area (Å²) >= 11 is 0. The van der Waals surface area contributed by atoms with Crippen LogP contribution in [0.15, 0.2) is 0 Å².